The molecule has 0 aromatic rings. The second-order valence-corrected chi connectivity index (χ2v) is 9.71. The molecule has 0 bridgehead atoms. The van der Waals surface area contributed by atoms with Crippen LogP contribution in [-0.2, 0) is 0 Å². The van der Waals surface area contributed by atoms with Crippen molar-refractivity contribution in [2.24, 2.45) is 0 Å². The Morgan fingerprint density at radius 3 is 1.12 bits per heavy atom. The zero-order valence-electron chi connectivity index (χ0n) is 21.9. The highest BCUT2D eigenvalue weighted by Crippen LogP contribution is 2.15. The molecule has 0 saturated heterocycles. The van der Waals surface area contributed by atoms with Crippen LogP contribution in [0.25, 0.3) is 0 Å². The Bertz CT molecular complexity index is 342. The van der Waals surface area contributed by atoms with Crippen LogP contribution in [0.2, 0.25) is 0 Å². The third-order valence-electron chi connectivity index (χ3n) is 6.18. The van der Waals surface area contributed by atoms with Gasteiger partial charge in [-0.1, -0.05) is 104 Å². The molecule has 1 atom stereocenters. The third-order valence-corrected chi connectivity index (χ3v) is 6.18. The molecule has 0 aliphatic rings. The molecule has 0 amide bonds. The number of aliphatic hydroxyl groups is 4. The topological polar surface area (TPSA) is 80.9 Å². The van der Waals surface area contributed by atoms with Crippen LogP contribution < -0.4 is 12.4 Å². The van der Waals surface area contributed by atoms with Gasteiger partial charge in [0.15, 0.2) is 6.23 Å². The summed E-state index contributed by atoms with van der Waals surface area (Å²) in [5.74, 6) is 0. The van der Waals surface area contributed by atoms with Gasteiger partial charge in [0.2, 0.25) is 0 Å². The molecular formula is C26H58ClNO4. The molecule has 0 radical (unpaired) electrons. The number of quaternary nitrogens is 1. The molecule has 5 nitrogen and oxygen atoms in total. The van der Waals surface area contributed by atoms with E-state index in [4.69, 9.17) is 15.3 Å². The van der Waals surface area contributed by atoms with Gasteiger partial charge >= 0.3 is 0 Å². The Kier molecular flexibility index (Phi) is 31.3. The van der Waals surface area contributed by atoms with E-state index in [1.807, 2.05) is 0 Å². The first-order valence-corrected chi connectivity index (χ1v) is 13.3. The molecule has 0 aliphatic heterocycles. The van der Waals surface area contributed by atoms with Crippen LogP contribution in [0, 0.1) is 0 Å². The fourth-order valence-corrected chi connectivity index (χ4v) is 3.77. The Labute approximate surface area is 206 Å². The standard InChI is InChI=1S/C23H50NO.C3H8O3.ClH/c1-5-7-8-9-10-11-12-13-14-15-16-17-18-19-20-21-22-24(3,4)23(25)6-2;4-1-3(6)2-5;/h23,25H,5-22H2,1-4H3;3-6H,1-2H2;1H/q+1;;/p-1. The lowest BCUT2D eigenvalue weighted by molar-refractivity contribution is -0.937. The van der Waals surface area contributed by atoms with Crippen LogP contribution in [0.4, 0.5) is 0 Å². The predicted octanol–water partition coefficient (Wildman–Crippen LogP) is 2.39. The summed E-state index contributed by atoms with van der Waals surface area (Å²) in [7, 11) is 4.30. The van der Waals surface area contributed by atoms with Gasteiger partial charge in [-0.05, 0) is 12.8 Å². The minimum Gasteiger partial charge on any atom is -1.00 e. The first-order valence-electron chi connectivity index (χ1n) is 13.3. The predicted molar refractivity (Wildman–Crippen MR) is 133 cm³/mol. The highest BCUT2D eigenvalue weighted by Gasteiger charge is 2.23. The van der Waals surface area contributed by atoms with Crippen molar-refractivity contribution < 1.29 is 37.3 Å². The monoisotopic (exact) mass is 483 g/mol. The summed E-state index contributed by atoms with van der Waals surface area (Å²) in [5.41, 5.74) is 0. The molecule has 0 aromatic heterocycles. The van der Waals surface area contributed by atoms with Crippen molar-refractivity contribution in [2.75, 3.05) is 33.9 Å². The lowest BCUT2D eigenvalue weighted by atomic mass is 10.0. The van der Waals surface area contributed by atoms with Crippen LogP contribution >= 0.6 is 0 Å². The Hall–Kier alpha value is 0.0900. The molecule has 0 rings (SSSR count). The zero-order chi connectivity index (χ0) is 23.8. The third kappa shape index (κ3) is 26.3. The van der Waals surface area contributed by atoms with E-state index in [0.717, 1.165) is 17.4 Å². The van der Waals surface area contributed by atoms with Crippen molar-refractivity contribution in [3.63, 3.8) is 0 Å². The lowest BCUT2D eigenvalue weighted by Crippen LogP contribution is -3.00. The van der Waals surface area contributed by atoms with Gasteiger partial charge in [-0.3, -0.25) is 0 Å². The van der Waals surface area contributed by atoms with Gasteiger partial charge in [-0.15, -0.1) is 0 Å². The van der Waals surface area contributed by atoms with Crippen molar-refractivity contribution in [3.05, 3.63) is 0 Å². The molecule has 0 heterocycles. The SMILES string of the molecule is CCCCCCCCCCCCCCCCCC[N+](C)(C)C(O)CC.OCC(O)CO.[Cl-]. The van der Waals surface area contributed by atoms with Gasteiger partial charge in [-0.2, -0.15) is 0 Å². The van der Waals surface area contributed by atoms with Crippen molar-refractivity contribution in [1.82, 2.24) is 0 Å². The molecule has 0 aromatic carbocycles. The second-order valence-electron chi connectivity index (χ2n) is 9.71. The van der Waals surface area contributed by atoms with Crippen LogP contribution in [0.15, 0.2) is 0 Å². The van der Waals surface area contributed by atoms with E-state index in [2.05, 4.69) is 27.9 Å². The number of hydrogen-bond acceptors (Lipinski definition) is 4. The molecule has 0 spiro atoms. The number of rotatable bonds is 21. The van der Waals surface area contributed by atoms with Crippen LogP contribution in [-0.4, -0.2) is 71.1 Å². The van der Waals surface area contributed by atoms with E-state index < -0.39 is 6.10 Å². The number of hydrogen-bond donors (Lipinski definition) is 4. The van der Waals surface area contributed by atoms with Gasteiger partial charge in [0, 0.05) is 6.42 Å². The van der Waals surface area contributed by atoms with Crippen molar-refractivity contribution in [1.29, 1.82) is 0 Å². The first kappa shape index (κ1) is 36.7. The number of halogens is 1. The van der Waals surface area contributed by atoms with E-state index in [1.54, 1.807) is 0 Å². The number of nitrogens with zero attached hydrogens (tertiary/aromatic N) is 1. The maximum absolute atomic E-state index is 9.98. The van der Waals surface area contributed by atoms with E-state index in [1.165, 1.54) is 103 Å². The van der Waals surface area contributed by atoms with Crippen LogP contribution in [0.5, 0.6) is 0 Å². The van der Waals surface area contributed by atoms with Crippen molar-refractivity contribution in [2.45, 2.75) is 135 Å². The van der Waals surface area contributed by atoms with E-state index in [-0.39, 0.29) is 31.8 Å². The molecule has 0 saturated carbocycles. The Morgan fingerprint density at radius 2 is 0.875 bits per heavy atom. The zero-order valence-corrected chi connectivity index (χ0v) is 22.7. The highest BCUT2D eigenvalue weighted by atomic mass is 35.5. The highest BCUT2D eigenvalue weighted by molar-refractivity contribution is 4.50. The Morgan fingerprint density at radius 1 is 0.562 bits per heavy atom. The van der Waals surface area contributed by atoms with E-state index >= 15 is 0 Å². The summed E-state index contributed by atoms with van der Waals surface area (Å²) < 4.78 is 0.759. The molecule has 32 heavy (non-hydrogen) atoms. The fraction of sp³-hybridized carbons (Fsp3) is 1.00. The summed E-state index contributed by atoms with van der Waals surface area (Å²) in [6.45, 7) is 4.73. The van der Waals surface area contributed by atoms with Crippen LogP contribution in [0.3, 0.4) is 0 Å². The summed E-state index contributed by atoms with van der Waals surface area (Å²) in [4.78, 5) is 0. The van der Waals surface area contributed by atoms with Gasteiger partial charge in [0.25, 0.3) is 0 Å². The summed E-state index contributed by atoms with van der Waals surface area (Å²) in [6.07, 6.45) is 22.4. The maximum atomic E-state index is 9.98. The van der Waals surface area contributed by atoms with Gasteiger partial charge < -0.3 is 37.3 Å². The van der Waals surface area contributed by atoms with Crippen LogP contribution in [0.1, 0.15) is 123 Å². The average Bonchev–Trinajstić information content (AvgIpc) is 2.77. The first-order chi connectivity index (χ1) is 14.9. The number of aliphatic hydroxyl groups excluding tert-OH is 4. The molecular weight excluding hydrogens is 426 g/mol. The smallest absolute Gasteiger partial charge is 0.189 e. The fourth-order valence-electron chi connectivity index (χ4n) is 3.77. The molecule has 6 heteroatoms. The van der Waals surface area contributed by atoms with E-state index in [0.29, 0.717) is 0 Å². The maximum Gasteiger partial charge on any atom is 0.189 e. The lowest BCUT2D eigenvalue weighted by Gasteiger charge is -2.34. The van der Waals surface area contributed by atoms with Gasteiger partial charge in [0.05, 0.1) is 33.9 Å². The molecule has 4 N–H and O–H groups in total. The molecule has 0 aliphatic carbocycles. The summed E-state index contributed by atoms with van der Waals surface area (Å²) >= 11 is 0. The molecule has 1 unspecified atom stereocenters. The number of unbranched alkanes of at least 4 members (excludes halogenated alkanes) is 15. The minimum atomic E-state index is -0.954. The molecule has 198 valence electrons. The van der Waals surface area contributed by atoms with Gasteiger partial charge in [-0.25, -0.2) is 0 Å². The molecule has 0 fully saturated rings. The second kappa shape index (κ2) is 27.3. The van der Waals surface area contributed by atoms with E-state index in [9.17, 15) is 5.11 Å². The Balaban J connectivity index is -0.00000105. The average molecular weight is 484 g/mol. The summed E-state index contributed by atoms with van der Waals surface area (Å²) in [6, 6.07) is 0. The largest absolute Gasteiger partial charge is 1.00 e. The van der Waals surface area contributed by atoms with Crippen molar-refractivity contribution in [3.8, 4) is 0 Å². The quantitative estimate of drug-likeness (QED) is 0.115. The van der Waals surface area contributed by atoms with Gasteiger partial charge in [0.1, 0.15) is 6.10 Å². The minimum absolute atomic E-state index is 0. The normalized spacial score (nSPS) is 12.3. The summed E-state index contributed by atoms with van der Waals surface area (Å²) in [5, 5.41) is 34.0. The van der Waals surface area contributed by atoms with Crippen molar-refractivity contribution >= 4 is 0 Å².